The van der Waals surface area contributed by atoms with Crippen molar-refractivity contribution in [3.63, 3.8) is 0 Å². The van der Waals surface area contributed by atoms with Crippen LogP contribution in [-0.4, -0.2) is 45.8 Å². The maximum Gasteiger partial charge on any atom is 0.410 e. The first-order chi connectivity index (χ1) is 13.6. The number of nitrogens with zero attached hydrogens (tertiary/aromatic N) is 3. The lowest BCUT2D eigenvalue weighted by atomic mass is 9.81. The molecule has 1 aromatic carbocycles. The molecule has 2 heterocycles. The van der Waals surface area contributed by atoms with E-state index < -0.39 is 0 Å². The molecular formula is C21H24FN3O3. The zero-order chi connectivity index (χ0) is 19.5. The number of hydrogen-bond acceptors (Lipinski definition) is 4. The van der Waals surface area contributed by atoms with E-state index in [9.17, 15) is 14.0 Å². The molecule has 1 amide bonds. The molecule has 0 atom stereocenters. The van der Waals surface area contributed by atoms with Crippen LogP contribution in [0.25, 0.3) is 5.69 Å². The highest BCUT2D eigenvalue weighted by Crippen LogP contribution is 2.30. The molecule has 1 saturated heterocycles. The second-order valence-corrected chi connectivity index (χ2v) is 7.51. The number of Topliss-reactive ketones (excluding diaryl/α,β-unsaturated/α-hetero) is 1. The number of cyclic esters (lactones) is 1. The minimum atomic E-state index is -0.349. The van der Waals surface area contributed by atoms with Crippen LogP contribution in [0.1, 0.15) is 37.8 Å². The molecule has 148 valence electrons. The number of hydrogen-bond donors (Lipinski definition) is 0. The molecule has 2 aliphatic rings. The van der Waals surface area contributed by atoms with Crippen molar-refractivity contribution in [3.8, 4) is 5.69 Å². The number of rotatable bonds is 5. The fraction of sp³-hybridized carbons (Fsp3) is 0.476. The van der Waals surface area contributed by atoms with Gasteiger partial charge in [0.05, 0.1) is 18.7 Å². The number of amides is 1. The Bertz CT molecular complexity index is 858. The fourth-order valence-electron chi connectivity index (χ4n) is 4.16. The number of carbonyl (C=O) groups excluding carboxylic acids is 2. The molecule has 2 fully saturated rings. The predicted octanol–water partition coefficient (Wildman–Crippen LogP) is 3.52. The Hall–Kier alpha value is -2.70. The Labute approximate surface area is 163 Å². The van der Waals surface area contributed by atoms with Crippen LogP contribution in [0.2, 0.25) is 0 Å². The van der Waals surface area contributed by atoms with Gasteiger partial charge in [-0.1, -0.05) is 12.1 Å². The lowest BCUT2D eigenvalue weighted by molar-refractivity contribution is -0.123. The molecule has 7 heteroatoms. The van der Waals surface area contributed by atoms with E-state index in [-0.39, 0.29) is 36.1 Å². The number of ether oxygens (including phenoxy) is 1. The summed E-state index contributed by atoms with van der Waals surface area (Å²) in [6.07, 6.45) is 5.80. The topological polar surface area (TPSA) is 64.4 Å². The Balaban J connectivity index is 1.33. The smallest absolute Gasteiger partial charge is 0.410 e. The number of halogens is 1. The van der Waals surface area contributed by atoms with Crippen molar-refractivity contribution in [2.24, 2.45) is 5.92 Å². The number of aromatic nitrogens is 2. The Kier molecular flexibility index (Phi) is 5.41. The van der Waals surface area contributed by atoms with Crippen molar-refractivity contribution in [2.75, 3.05) is 13.2 Å². The van der Waals surface area contributed by atoms with E-state index in [1.165, 1.54) is 10.7 Å². The van der Waals surface area contributed by atoms with Crippen LogP contribution in [0.3, 0.4) is 0 Å². The first kappa shape index (κ1) is 18.7. The third-order valence-corrected chi connectivity index (χ3v) is 5.70. The Morgan fingerprint density at radius 3 is 2.71 bits per heavy atom. The highest BCUT2D eigenvalue weighted by atomic mass is 19.1. The summed E-state index contributed by atoms with van der Waals surface area (Å²) in [6, 6.07) is 8.37. The highest BCUT2D eigenvalue weighted by molar-refractivity contribution is 5.83. The van der Waals surface area contributed by atoms with Crippen LogP contribution in [0.4, 0.5) is 9.18 Å². The summed E-state index contributed by atoms with van der Waals surface area (Å²) in [7, 11) is 0. The first-order valence-corrected chi connectivity index (χ1v) is 9.87. The van der Waals surface area contributed by atoms with Crippen molar-refractivity contribution in [2.45, 2.75) is 44.6 Å². The minimum Gasteiger partial charge on any atom is -0.449 e. The molecule has 1 aliphatic carbocycles. The van der Waals surface area contributed by atoms with Gasteiger partial charge in [0, 0.05) is 24.7 Å². The van der Waals surface area contributed by atoms with E-state index in [2.05, 4.69) is 5.10 Å². The van der Waals surface area contributed by atoms with Crippen LogP contribution in [-0.2, 0) is 16.0 Å². The van der Waals surface area contributed by atoms with Crippen molar-refractivity contribution in [3.05, 3.63) is 48.0 Å². The van der Waals surface area contributed by atoms with E-state index in [1.54, 1.807) is 30.5 Å². The van der Waals surface area contributed by atoms with Crippen LogP contribution >= 0.6 is 0 Å². The second-order valence-electron chi connectivity index (χ2n) is 7.51. The van der Waals surface area contributed by atoms with Gasteiger partial charge in [-0.25, -0.2) is 13.9 Å². The summed E-state index contributed by atoms with van der Waals surface area (Å²) in [5.74, 6) is -0.188. The van der Waals surface area contributed by atoms with Crippen molar-refractivity contribution in [1.29, 1.82) is 0 Å². The van der Waals surface area contributed by atoms with Crippen molar-refractivity contribution < 1.29 is 18.7 Å². The minimum absolute atomic E-state index is 0.00401. The largest absolute Gasteiger partial charge is 0.449 e. The zero-order valence-electron chi connectivity index (χ0n) is 15.7. The van der Waals surface area contributed by atoms with Gasteiger partial charge >= 0.3 is 6.09 Å². The van der Waals surface area contributed by atoms with Crippen molar-refractivity contribution in [1.82, 2.24) is 14.7 Å². The van der Waals surface area contributed by atoms with Gasteiger partial charge in [-0.05, 0) is 50.3 Å². The maximum atomic E-state index is 13.9. The summed E-state index contributed by atoms with van der Waals surface area (Å²) in [4.78, 5) is 26.4. The van der Waals surface area contributed by atoms with Gasteiger partial charge < -0.3 is 9.64 Å². The molecule has 1 aliphatic heterocycles. The summed E-state index contributed by atoms with van der Waals surface area (Å²) >= 11 is 0. The van der Waals surface area contributed by atoms with Gasteiger partial charge in [0.15, 0.2) is 0 Å². The predicted molar refractivity (Wildman–Crippen MR) is 101 cm³/mol. The normalized spacial score (nSPS) is 22.8. The van der Waals surface area contributed by atoms with E-state index in [1.807, 2.05) is 4.90 Å². The molecule has 6 nitrogen and oxygen atoms in total. The first-order valence-electron chi connectivity index (χ1n) is 9.87. The van der Waals surface area contributed by atoms with E-state index in [0.29, 0.717) is 18.0 Å². The van der Waals surface area contributed by atoms with Crippen LogP contribution in [0.15, 0.2) is 36.5 Å². The monoisotopic (exact) mass is 385 g/mol. The van der Waals surface area contributed by atoms with Crippen LogP contribution in [0, 0.1) is 11.7 Å². The maximum absolute atomic E-state index is 13.9. The van der Waals surface area contributed by atoms with Crippen LogP contribution in [0.5, 0.6) is 0 Å². The zero-order valence-corrected chi connectivity index (χ0v) is 15.7. The summed E-state index contributed by atoms with van der Waals surface area (Å²) in [6.45, 7) is 1.25. The third-order valence-electron chi connectivity index (χ3n) is 5.70. The van der Waals surface area contributed by atoms with E-state index in [0.717, 1.165) is 38.6 Å². The van der Waals surface area contributed by atoms with Gasteiger partial charge in [-0.2, -0.15) is 5.10 Å². The molecule has 2 aromatic rings. The van der Waals surface area contributed by atoms with Crippen molar-refractivity contribution >= 4 is 11.9 Å². The molecule has 1 aromatic heterocycles. The standard InChI is InChI=1S/C21H24FN3O3/c22-18-4-1-2-5-19(18)25-12-10-16(23-25)14-20(26)15-6-8-17(9-7-15)24-11-3-13-28-21(24)27/h1-2,4-5,10,12,15,17H,3,6-9,11,13-14H2. The summed E-state index contributed by atoms with van der Waals surface area (Å²) in [5, 5.41) is 4.36. The molecule has 0 N–H and O–H groups in total. The number of benzene rings is 1. The molecule has 0 spiro atoms. The van der Waals surface area contributed by atoms with Crippen LogP contribution < -0.4 is 0 Å². The Morgan fingerprint density at radius 1 is 1.18 bits per heavy atom. The second kappa shape index (κ2) is 8.12. The molecular weight excluding hydrogens is 361 g/mol. The average molecular weight is 385 g/mol. The fourth-order valence-corrected chi connectivity index (χ4v) is 4.16. The van der Waals surface area contributed by atoms with Gasteiger partial charge in [0.2, 0.25) is 0 Å². The quantitative estimate of drug-likeness (QED) is 0.790. The van der Waals surface area contributed by atoms with Gasteiger partial charge in [0.1, 0.15) is 17.3 Å². The highest BCUT2D eigenvalue weighted by Gasteiger charge is 2.33. The molecule has 28 heavy (non-hydrogen) atoms. The Morgan fingerprint density at radius 2 is 1.96 bits per heavy atom. The molecule has 0 radical (unpaired) electrons. The molecule has 0 bridgehead atoms. The number of carbonyl (C=O) groups is 2. The molecule has 0 unspecified atom stereocenters. The van der Waals surface area contributed by atoms with Gasteiger partial charge in [0.25, 0.3) is 0 Å². The lowest BCUT2D eigenvalue weighted by Gasteiger charge is -2.37. The van der Waals surface area contributed by atoms with E-state index >= 15 is 0 Å². The van der Waals surface area contributed by atoms with Gasteiger partial charge in [-0.3, -0.25) is 4.79 Å². The summed E-state index contributed by atoms with van der Waals surface area (Å²) < 4.78 is 20.5. The van der Waals surface area contributed by atoms with Gasteiger partial charge in [-0.15, -0.1) is 0 Å². The summed E-state index contributed by atoms with van der Waals surface area (Å²) in [5.41, 5.74) is 1.02. The van der Waals surface area contributed by atoms with E-state index in [4.69, 9.17) is 4.74 Å². The number of ketones is 1. The SMILES string of the molecule is O=C(Cc1ccn(-c2ccccc2F)n1)C1CCC(N2CCCOC2=O)CC1. The average Bonchev–Trinajstić information content (AvgIpc) is 3.17. The lowest BCUT2D eigenvalue weighted by Crippen LogP contribution is -2.46. The molecule has 4 rings (SSSR count). The number of para-hydroxylation sites is 1. The third kappa shape index (κ3) is 3.93. The molecule has 1 saturated carbocycles.